The summed E-state index contributed by atoms with van der Waals surface area (Å²) < 4.78 is 31.7. The minimum atomic E-state index is -4.01. The van der Waals surface area contributed by atoms with Crippen molar-refractivity contribution >= 4 is 10.1 Å². The van der Waals surface area contributed by atoms with E-state index < -0.39 is 10.1 Å². The van der Waals surface area contributed by atoms with E-state index in [1.54, 1.807) is 0 Å². The van der Waals surface area contributed by atoms with Crippen LogP contribution in [0.25, 0.3) is 0 Å². The lowest BCUT2D eigenvalue weighted by atomic mass is 9.78. The molecule has 0 heterocycles. The van der Waals surface area contributed by atoms with Crippen LogP contribution in [0.2, 0.25) is 0 Å². The van der Waals surface area contributed by atoms with Gasteiger partial charge in [-0.15, -0.1) is 0 Å². The highest BCUT2D eigenvalue weighted by molar-refractivity contribution is 7.85. The summed E-state index contributed by atoms with van der Waals surface area (Å²) >= 11 is 0. The molecule has 0 aromatic carbocycles. The van der Waals surface area contributed by atoms with Gasteiger partial charge in [-0.25, -0.2) is 8.42 Å². The number of hydrogen-bond donors (Lipinski definition) is 0. The van der Waals surface area contributed by atoms with E-state index in [0.29, 0.717) is 5.92 Å². The second kappa shape index (κ2) is 4.62. The highest BCUT2D eigenvalue weighted by Gasteiger charge is 2.24. The van der Waals surface area contributed by atoms with Crippen LogP contribution in [0, 0.1) is 17.8 Å². The van der Waals surface area contributed by atoms with Crippen molar-refractivity contribution in [3.8, 4) is 0 Å². The first-order valence-corrected chi connectivity index (χ1v) is 6.90. The molecule has 0 bridgehead atoms. The normalized spacial score (nSPS) is 29.4. The third kappa shape index (κ3) is 3.96. The first kappa shape index (κ1) is 12.0. The van der Waals surface area contributed by atoms with E-state index in [9.17, 15) is 13.0 Å². The van der Waals surface area contributed by atoms with Crippen molar-refractivity contribution in [2.24, 2.45) is 17.8 Å². The molecule has 0 unspecified atom stereocenters. The Morgan fingerprint density at radius 3 is 2.07 bits per heavy atom. The van der Waals surface area contributed by atoms with E-state index in [-0.39, 0.29) is 11.7 Å². The van der Waals surface area contributed by atoms with Gasteiger partial charge in [0.25, 0.3) is 0 Å². The van der Waals surface area contributed by atoms with Gasteiger partial charge in [0.05, 0.1) is 10.1 Å². The molecule has 0 N–H and O–H groups in total. The largest absolute Gasteiger partial charge is 0.748 e. The fourth-order valence-electron chi connectivity index (χ4n) is 2.31. The molecule has 1 aliphatic rings. The zero-order valence-corrected chi connectivity index (χ0v) is 9.72. The quantitative estimate of drug-likeness (QED) is 0.682. The maximum atomic E-state index is 10.6. The Bertz CT molecular complexity index is 261. The van der Waals surface area contributed by atoms with Crippen LogP contribution in [-0.2, 0) is 10.1 Å². The van der Waals surface area contributed by atoms with E-state index in [4.69, 9.17) is 0 Å². The molecule has 0 aromatic rings. The molecule has 14 heavy (non-hydrogen) atoms. The maximum Gasteiger partial charge on any atom is 0.0948 e. The van der Waals surface area contributed by atoms with Crippen molar-refractivity contribution in [2.75, 3.05) is 5.75 Å². The molecule has 1 saturated carbocycles. The summed E-state index contributed by atoms with van der Waals surface area (Å²) in [6.07, 6.45) is 3.98. The lowest BCUT2D eigenvalue weighted by molar-refractivity contribution is 0.234. The van der Waals surface area contributed by atoms with Crippen LogP contribution in [-0.4, -0.2) is 18.7 Å². The van der Waals surface area contributed by atoms with Crippen LogP contribution in [0.3, 0.4) is 0 Å². The van der Waals surface area contributed by atoms with E-state index in [1.807, 2.05) is 0 Å². The van der Waals surface area contributed by atoms with E-state index in [2.05, 4.69) is 13.8 Å². The monoisotopic (exact) mass is 219 g/mol. The second-order valence-electron chi connectivity index (χ2n) is 4.75. The zero-order chi connectivity index (χ0) is 10.8. The third-order valence-electron chi connectivity index (χ3n) is 3.27. The molecule has 0 radical (unpaired) electrons. The predicted octanol–water partition coefficient (Wildman–Crippen LogP) is 1.99. The van der Waals surface area contributed by atoms with E-state index in [0.717, 1.165) is 31.6 Å². The number of hydrogen-bond acceptors (Lipinski definition) is 3. The fraction of sp³-hybridized carbons (Fsp3) is 1.00. The average Bonchev–Trinajstić information content (AvgIpc) is 2.02. The smallest absolute Gasteiger partial charge is 0.0948 e. The first-order valence-electron chi connectivity index (χ1n) is 5.32. The average molecular weight is 219 g/mol. The van der Waals surface area contributed by atoms with Gasteiger partial charge in [0.1, 0.15) is 0 Å². The highest BCUT2D eigenvalue weighted by Crippen LogP contribution is 2.33. The van der Waals surface area contributed by atoms with Crippen LogP contribution in [0.1, 0.15) is 39.5 Å². The van der Waals surface area contributed by atoms with Crippen molar-refractivity contribution in [1.82, 2.24) is 0 Å². The standard InChI is InChI=1S/C10H20O3S/c1-8(2)10-5-3-9(4-6-10)7-14(11,12)13/h8-10H,3-7H2,1-2H3,(H,11,12,13)/p-1. The van der Waals surface area contributed by atoms with Crippen molar-refractivity contribution in [3.63, 3.8) is 0 Å². The molecule has 0 saturated heterocycles. The summed E-state index contributed by atoms with van der Waals surface area (Å²) in [6, 6.07) is 0. The van der Waals surface area contributed by atoms with Crippen LogP contribution >= 0.6 is 0 Å². The minimum absolute atomic E-state index is 0.118. The Morgan fingerprint density at radius 1 is 1.21 bits per heavy atom. The van der Waals surface area contributed by atoms with E-state index in [1.165, 1.54) is 0 Å². The summed E-state index contributed by atoms with van der Waals surface area (Å²) in [6.45, 7) is 4.41. The molecule has 4 heteroatoms. The topological polar surface area (TPSA) is 57.2 Å². The summed E-state index contributed by atoms with van der Waals surface area (Å²) in [5.74, 6) is 1.37. The third-order valence-corrected chi connectivity index (χ3v) is 4.15. The SMILES string of the molecule is CC(C)C1CCC(CS(=O)(=O)[O-])CC1. The lowest BCUT2D eigenvalue weighted by Crippen LogP contribution is -2.23. The second-order valence-corrected chi connectivity index (χ2v) is 6.20. The molecule has 3 nitrogen and oxygen atoms in total. The molecular weight excluding hydrogens is 200 g/mol. The predicted molar refractivity (Wildman–Crippen MR) is 54.9 cm³/mol. The van der Waals surface area contributed by atoms with Crippen molar-refractivity contribution < 1.29 is 13.0 Å². The maximum absolute atomic E-state index is 10.6. The summed E-state index contributed by atoms with van der Waals surface area (Å²) in [7, 11) is -4.01. The molecule has 0 atom stereocenters. The van der Waals surface area contributed by atoms with Gasteiger partial charge in [-0.3, -0.25) is 0 Å². The zero-order valence-electron chi connectivity index (χ0n) is 8.90. The molecule has 0 aliphatic heterocycles. The van der Waals surface area contributed by atoms with Gasteiger partial charge in [0, 0.05) is 5.75 Å². The molecular formula is C10H19O3S-. The Kier molecular flexibility index (Phi) is 3.95. The van der Waals surface area contributed by atoms with Gasteiger partial charge in [-0.1, -0.05) is 13.8 Å². The summed E-state index contributed by atoms with van der Waals surface area (Å²) in [4.78, 5) is 0. The van der Waals surface area contributed by atoms with Gasteiger partial charge < -0.3 is 4.55 Å². The molecule has 1 fully saturated rings. The molecule has 84 valence electrons. The van der Waals surface area contributed by atoms with Crippen LogP contribution in [0.15, 0.2) is 0 Å². The van der Waals surface area contributed by atoms with Gasteiger partial charge in [-0.2, -0.15) is 0 Å². The molecule has 0 aromatic heterocycles. The van der Waals surface area contributed by atoms with Crippen LogP contribution in [0.4, 0.5) is 0 Å². The number of rotatable bonds is 3. The van der Waals surface area contributed by atoms with E-state index >= 15 is 0 Å². The van der Waals surface area contributed by atoms with Gasteiger partial charge in [0.2, 0.25) is 0 Å². The minimum Gasteiger partial charge on any atom is -0.748 e. The fourth-order valence-corrected chi connectivity index (χ4v) is 3.22. The summed E-state index contributed by atoms with van der Waals surface area (Å²) in [5.41, 5.74) is 0. The lowest BCUT2D eigenvalue weighted by Gasteiger charge is -2.31. The van der Waals surface area contributed by atoms with Crippen LogP contribution < -0.4 is 0 Å². The highest BCUT2D eigenvalue weighted by atomic mass is 32.2. The van der Waals surface area contributed by atoms with Crippen molar-refractivity contribution in [1.29, 1.82) is 0 Å². The van der Waals surface area contributed by atoms with Crippen LogP contribution in [0.5, 0.6) is 0 Å². The summed E-state index contributed by atoms with van der Waals surface area (Å²) in [5, 5.41) is 0. The Labute approximate surface area is 86.6 Å². The Balaban J connectivity index is 2.36. The van der Waals surface area contributed by atoms with Crippen molar-refractivity contribution in [2.45, 2.75) is 39.5 Å². The Morgan fingerprint density at radius 2 is 1.71 bits per heavy atom. The van der Waals surface area contributed by atoms with Gasteiger partial charge >= 0.3 is 0 Å². The molecule has 0 spiro atoms. The molecule has 1 rings (SSSR count). The Hall–Kier alpha value is -0.0900. The molecule has 1 aliphatic carbocycles. The first-order chi connectivity index (χ1) is 6.38. The van der Waals surface area contributed by atoms with Crippen molar-refractivity contribution in [3.05, 3.63) is 0 Å². The molecule has 0 amide bonds. The van der Waals surface area contributed by atoms with Gasteiger partial charge in [-0.05, 0) is 43.4 Å². The van der Waals surface area contributed by atoms with Gasteiger partial charge in [0.15, 0.2) is 0 Å².